The molecular formula is C11H12BrNO3. The number of primary amides is 1. The third kappa shape index (κ3) is 3.66. The number of carbonyl (C=O) groups excluding carboxylic acids is 2. The smallest absolute Gasteiger partial charge is 0.221 e. The Labute approximate surface area is 102 Å². The van der Waals surface area contributed by atoms with Crippen LogP contribution in [0.5, 0.6) is 5.75 Å². The lowest BCUT2D eigenvalue weighted by molar-refractivity contribution is -0.119. The SMILES string of the molecule is CC(CC(N)=O)Oc1ccc(Br)cc1C=O. The molecule has 5 heteroatoms. The van der Waals surface area contributed by atoms with E-state index in [9.17, 15) is 9.59 Å². The maximum atomic E-state index is 10.8. The van der Waals surface area contributed by atoms with Crippen molar-refractivity contribution in [2.24, 2.45) is 5.73 Å². The van der Waals surface area contributed by atoms with Gasteiger partial charge in [-0.3, -0.25) is 9.59 Å². The normalized spacial score (nSPS) is 11.9. The number of rotatable bonds is 5. The molecule has 0 aliphatic heterocycles. The standard InChI is InChI=1S/C11H12BrNO3/c1-7(4-11(13)15)16-10-3-2-9(12)5-8(10)6-14/h2-3,5-7H,4H2,1H3,(H2,13,15). The maximum Gasteiger partial charge on any atom is 0.221 e. The molecule has 4 nitrogen and oxygen atoms in total. The number of hydrogen-bond donors (Lipinski definition) is 1. The second kappa shape index (κ2) is 5.65. The third-order valence-electron chi connectivity index (χ3n) is 1.92. The molecule has 16 heavy (non-hydrogen) atoms. The first-order valence-electron chi connectivity index (χ1n) is 4.72. The van der Waals surface area contributed by atoms with Crippen molar-refractivity contribution in [1.29, 1.82) is 0 Å². The topological polar surface area (TPSA) is 69.4 Å². The van der Waals surface area contributed by atoms with Crippen molar-refractivity contribution in [2.45, 2.75) is 19.4 Å². The van der Waals surface area contributed by atoms with E-state index in [1.165, 1.54) is 0 Å². The lowest BCUT2D eigenvalue weighted by Crippen LogP contribution is -2.22. The van der Waals surface area contributed by atoms with E-state index < -0.39 is 5.91 Å². The highest BCUT2D eigenvalue weighted by molar-refractivity contribution is 9.10. The number of carbonyl (C=O) groups is 2. The van der Waals surface area contributed by atoms with E-state index in [-0.39, 0.29) is 12.5 Å². The number of nitrogens with two attached hydrogens (primary N) is 1. The molecule has 1 amide bonds. The van der Waals surface area contributed by atoms with Gasteiger partial charge in [0.1, 0.15) is 11.9 Å². The molecule has 86 valence electrons. The molecule has 0 spiro atoms. The van der Waals surface area contributed by atoms with Crippen LogP contribution >= 0.6 is 15.9 Å². The molecule has 1 aromatic rings. The van der Waals surface area contributed by atoms with Crippen molar-refractivity contribution in [3.63, 3.8) is 0 Å². The summed E-state index contributed by atoms with van der Waals surface area (Å²) in [4.78, 5) is 21.5. The van der Waals surface area contributed by atoms with Crippen LogP contribution in [0.4, 0.5) is 0 Å². The quantitative estimate of drug-likeness (QED) is 0.840. The highest BCUT2D eigenvalue weighted by atomic mass is 79.9. The van der Waals surface area contributed by atoms with Crippen LogP contribution in [-0.4, -0.2) is 18.3 Å². The molecule has 1 unspecified atom stereocenters. The number of hydrogen-bond acceptors (Lipinski definition) is 3. The highest BCUT2D eigenvalue weighted by Gasteiger charge is 2.10. The zero-order valence-corrected chi connectivity index (χ0v) is 10.4. The van der Waals surface area contributed by atoms with Crippen molar-refractivity contribution in [3.8, 4) is 5.75 Å². The number of aldehydes is 1. The van der Waals surface area contributed by atoms with Crippen molar-refractivity contribution in [3.05, 3.63) is 28.2 Å². The summed E-state index contributed by atoms with van der Waals surface area (Å²) in [6.45, 7) is 1.72. The van der Waals surface area contributed by atoms with E-state index in [2.05, 4.69) is 15.9 Å². The second-order valence-electron chi connectivity index (χ2n) is 3.40. The zero-order valence-electron chi connectivity index (χ0n) is 8.77. The fraction of sp³-hybridized carbons (Fsp3) is 0.273. The highest BCUT2D eigenvalue weighted by Crippen LogP contribution is 2.23. The first-order valence-corrected chi connectivity index (χ1v) is 5.52. The Kier molecular flexibility index (Phi) is 4.49. The lowest BCUT2D eigenvalue weighted by Gasteiger charge is -2.14. The molecule has 0 aromatic heterocycles. The monoisotopic (exact) mass is 285 g/mol. The van der Waals surface area contributed by atoms with Gasteiger partial charge in [-0.05, 0) is 25.1 Å². The maximum absolute atomic E-state index is 10.8. The van der Waals surface area contributed by atoms with Gasteiger partial charge >= 0.3 is 0 Å². The van der Waals surface area contributed by atoms with Crippen LogP contribution in [0.1, 0.15) is 23.7 Å². The Balaban J connectivity index is 2.80. The van der Waals surface area contributed by atoms with Crippen molar-refractivity contribution >= 4 is 28.1 Å². The molecule has 0 aliphatic carbocycles. The molecule has 0 saturated carbocycles. The first kappa shape index (κ1) is 12.7. The molecule has 0 heterocycles. The summed E-state index contributed by atoms with van der Waals surface area (Å²) >= 11 is 3.26. The van der Waals surface area contributed by atoms with Crippen LogP contribution in [0.15, 0.2) is 22.7 Å². The summed E-state index contributed by atoms with van der Waals surface area (Å²) < 4.78 is 6.25. The minimum absolute atomic E-state index is 0.119. The molecule has 0 bridgehead atoms. The fourth-order valence-electron chi connectivity index (χ4n) is 1.26. The largest absolute Gasteiger partial charge is 0.489 e. The van der Waals surface area contributed by atoms with Crippen LogP contribution in [-0.2, 0) is 4.79 Å². The van der Waals surface area contributed by atoms with Gasteiger partial charge in [-0.1, -0.05) is 15.9 Å². The average Bonchev–Trinajstić information content (AvgIpc) is 2.19. The number of halogens is 1. The molecule has 1 aromatic carbocycles. The number of benzene rings is 1. The molecule has 0 radical (unpaired) electrons. The van der Waals surface area contributed by atoms with Gasteiger partial charge in [0.15, 0.2) is 6.29 Å². The van der Waals surface area contributed by atoms with Gasteiger partial charge in [0.25, 0.3) is 0 Å². The van der Waals surface area contributed by atoms with Gasteiger partial charge in [0.05, 0.1) is 12.0 Å². The Morgan fingerprint density at radius 1 is 1.62 bits per heavy atom. The minimum Gasteiger partial charge on any atom is -0.489 e. The zero-order chi connectivity index (χ0) is 12.1. The first-order chi connectivity index (χ1) is 7.52. The van der Waals surface area contributed by atoms with Gasteiger partial charge in [-0.15, -0.1) is 0 Å². The summed E-state index contributed by atoms with van der Waals surface area (Å²) in [5.41, 5.74) is 5.48. The third-order valence-corrected chi connectivity index (χ3v) is 2.41. The van der Waals surface area contributed by atoms with Crippen LogP contribution in [0.3, 0.4) is 0 Å². The molecule has 1 rings (SSSR count). The van der Waals surface area contributed by atoms with Gasteiger partial charge in [-0.25, -0.2) is 0 Å². The van der Waals surface area contributed by atoms with Crippen molar-refractivity contribution in [2.75, 3.05) is 0 Å². The van der Waals surface area contributed by atoms with E-state index in [4.69, 9.17) is 10.5 Å². The van der Waals surface area contributed by atoms with E-state index in [1.807, 2.05) is 0 Å². The molecule has 1 atom stereocenters. The molecular weight excluding hydrogens is 274 g/mol. The van der Waals surface area contributed by atoms with Crippen molar-refractivity contribution < 1.29 is 14.3 Å². The van der Waals surface area contributed by atoms with E-state index in [0.717, 1.165) is 4.47 Å². The summed E-state index contributed by atoms with van der Waals surface area (Å²) in [5, 5.41) is 0. The van der Waals surface area contributed by atoms with Crippen LogP contribution < -0.4 is 10.5 Å². The summed E-state index contributed by atoms with van der Waals surface area (Å²) in [7, 11) is 0. The number of ether oxygens (including phenoxy) is 1. The molecule has 2 N–H and O–H groups in total. The van der Waals surface area contributed by atoms with E-state index in [0.29, 0.717) is 17.6 Å². The van der Waals surface area contributed by atoms with Gasteiger partial charge in [0, 0.05) is 4.47 Å². The molecule has 0 saturated heterocycles. The van der Waals surface area contributed by atoms with E-state index in [1.54, 1.807) is 25.1 Å². The Morgan fingerprint density at radius 3 is 2.88 bits per heavy atom. The van der Waals surface area contributed by atoms with Gasteiger partial charge in [0.2, 0.25) is 5.91 Å². The average molecular weight is 286 g/mol. The van der Waals surface area contributed by atoms with E-state index >= 15 is 0 Å². The summed E-state index contributed by atoms with van der Waals surface area (Å²) in [5.74, 6) is 0.0178. The minimum atomic E-state index is -0.433. The van der Waals surface area contributed by atoms with Crippen LogP contribution in [0, 0.1) is 0 Å². The van der Waals surface area contributed by atoms with Crippen LogP contribution in [0.2, 0.25) is 0 Å². The van der Waals surface area contributed by atoms with Crippen molar-refractivity contribution in [1.82, 2.24) is 0 Å². The second-order valence-corrected chi connectivity index (χ2v) is 4.31. The van der Waals surface area contributed by atoms with Crippen LogP contribution in [0.25, 0.3) is 0 Å². The summed E-state index contributed by atoms with van der Waals surface area (Å²) in [6.07, 6.45) is 0.475. The lowest BCUT2D eigenvalue weighted by atomic mass is 10.2. The predicted octanol–water partition coefficient (Wildman–Crippen LogP) is 1.90. The molecule has 0 fully saturated rings. The Bertz CT molecular complexity index is 406. The number of amides is 1. The van der Waals surface area contributed by atoms with Gasteiger partial charge in [-0.2, -0.15) is 0 Å². The Hall–Kier alpha value is -1.36. The Morgan fingerprint density at radius 2 is 2.31 bits per heavy atom. The summed E-state index contributed by atoms with van der Waals surface area (Å²) in [6, 6.07) is 5.09. The fourth-order valence-corrected chi connectivity index (χ4v) is 1.64. The predicted molar refractivity (Wildman–Crippen MR) is 63.4 cm³/mol. The molecule has 0 aliphatic rings. The van der Waals surface area contributed by atoms with Gasteiger partial charge < -0.3 is 10.5 Å².